The molecular formula is C22H19ClN2O4S2. The molecule has 0 aliphatic heterocycles. The van der Waals surface area contributed by atoms with E-state index in [1.807, 2.05) is 0 Å². The molecule has 0 fully saturated rings. The molecule has 0 aliphatic carbocycles. The van der Waals surface area contributed by atoms with E-state index in [1.54, 1.807) is 54.9 Å². The Kier molecular flexibility index (Phi) is 5.63. The van der Waals surface area contributed by atoms with Gasteiger partial charge in [0.05, 0.1) is 27.2 Å². The van der Waals surface area contributed by atoms with Gasteiger partial charge in [0.25, 0.3) is 0 Å². The van der Waals surface area contributed by atoms with Crippen LogP contribution in [0.4, 0.5) is 0 Å². The molecule has 2 aromatic heterocycles. The molecular weight excluding hydrogens is 456 g/mol. The molecule has 0 aliphatic rings. The highest BCUT2D eigenvalue weighted by Crippen LogP contribution is 2.36. The van der Waals surface area contributed by atoms with E-state index in [2.05, 4.69) is 11.6 Å². The molecule has 9 heteroatoms. The third-order valence-corrected chi connectivity index (χ3v) is 8.33. The molecule has 4 rings (SSSR count). The average molecular weight is 475 g/mol. The maximum absolute atomic E-state index is 13.9. The van der Waals surface area contributed by atoms with E-state index in [1.165, 1.54) is 17.4 Å². The van der Waals surface area contributed by atoms with Gasteiger partial charge in [-0.05, 0) is 48.4 Å². The summed E-state index contributed by atoms with van der Waals surface area (Å²) in [4.78, 5) is 16.2. The van der Waals surface area contributed by atoms with E-state index in [-0.39, 0.29) is 12.1 Å². The molecule has 1 N–H and O–H groups in total. The molecule has 0 amide bonds. The Balaban J connectivity index is 1.98. The van der Waals surface area contributed by atoms with Crippen molar-refractivity contribution < 1.29 is 18.3 Å². The van der Waals surface area contributed by atoms with Gasteiger partial charge in [-0.2, -0.15) is 0 Å². The molecule has 0 spiro atoms. The zero-order chi connectivity index (χ0) is 22.3. The lowest BCUT2D eigenvalue weighted by molar-refractivity contribution is -0.138. The lowest BCUT2D eigenvalue weighted by Crippen LogP contribution is -2.25. The Morgan fingerprint density at radius 2 is 2.06 bits per heavy atom. The van der Waals surface area contributed by atoms with E-state index >= 15 is 0 Å². The number of nitrogens with zero attached hydrogens (tertiary/aromatic N) is 2. The van der Waals surface area contributed by atoms with Gasteiger partial charge in [0.15, 0.2) is 0 Å². The van der Waals surface area contributed by atoms with Crippen LogP contribution in [-0.2, 0) is 14.8 Å². The van der Waals surface area contributed by atoms with Crippen LogP contribution in [0.2, 0.25) is 5.02 Å². The number of hydrogen-bond acceptors (Lipinski definition) is 5. The average Bonchev–Trinajstić information content (AvgIpc) is 3.32. The first-order valence-electron chi connectivity index (χ1n) is 9.51. The fraction of sp³-hybridized carbons (Fsp3) is 0.182. The molecule has 2 heterocycles. The first-order chi connectivity index (χ1) is 14.8. The molecule has 0 bridgehead atoms. The monoisotopic (exact) mass is 474 g/mol. The lowest BCUT2D eigenvalue weighted by Gasteiger charge is -2.20. The van der Waals surface area contributed by atoms with Crippen LogP contribution in [-0.4, -0.2) is 28.5 Å². The van der Waals surface area contributed by atoms with E-state index in [0.29, 0.717) is 21.5 Å². The van der Waals surface area contributed by atoms with E-state index < -0.39 is 27.2 Å². The van der Waals surface area contributed by atoms with Gasteiger partial charge in [-0.3, -0.25) is 4.79 Å². The lowest BCUT2D eigenvalue weighted by atomic mass is 10.0. The second-order valence-electron chi connectivity index (χ2n) is 7.12. The van der Waals surface area contributed by atoms with Gasteiger partial charge in [0.1, 0.15) is 5.25 Å². The van der Waals surface area contributed by atoms with Crippen LogP contribution in [0.15, 0.2) is 60.6 Å². The number of hydrogen-bond donors (Lipinski definition) is 1. The van der Waals surface area contributed by atoms with Crippen LogP contribution in [0.3, 0.4) is 0 Å². The topological polar surface area (TPSA) is 89.3 Å². The van der Waals surface area contributed by atoms with Crippen molar-refractivity contribution in [2.45, 2.75) is 24.5 Å². The van der Waals surface area contributed by atoms with Crippen molar-refractivity contribution in [3.8, 4) is 0 Å². The first-order valence-corrected chi connectivity index (χ1v) is 12.3. The molecule has 0 saturated heterocycles. The quantitative estimate of drug-likeness (QED) is 0.353. The zero-order valence-electron chi connectivity index (χ0n) is 16.5. The second kappa shape index (κ2) is 8.11. The van der Waals surface area contributed by atoms with Gasteiger partial charge in [-0.1, -0.05) is 30.7 Å². The van der Waals surface area contributed by atoms with Crippen molar-refractivity contribution in [2.75, 3.05) is 0 Å². The number of carbonyl (C=O) groups is 1. The van der Waals surface area contributed by atoms with Crippen molar-refractivity contribution in [3.63, 3.8) is 0 Å². The Morgan fingerprint density at radius 1 is 1.29 bits per heavy atom. The number of thiazole rings is 1. The van der Waals surface area contributed by atoms with Gasteiger partial charge < -0.3 is 5.11 Å². The second-order valence-corrected chi connectivity index (χ2v) is 10.3. The minimum atomic E-state index is -4.09. The van der Waals surface area contributed by atoms with Crippen LogP contribution in [0, 0.1) is 0 Å². The zero-order valence-corrected chi connectivity index (χ0v) is 18.9. The predicted octanol–water partition coefficient (Wildman–Crippen LogP) is 5.59. The summed E-state index contributed by atoms with van der Waals surface area (Å²) in [5, 5.41) is 9.67. The van der Waals surface area contributed by atoms with Crippen molar-refractivity contribution in [1.29, 1.82) is 0 Å². The van der Waals surface area contributed by atoms with Gasteiger partial charge in [0, 0.05) is 16.1 Å². The third kappa shape index (κ3) is 3.64. The third-order valence-electron chi connectivity index (χ3n) is 5.28. The summed E-state index contributed by atoms with van der Waals surface area (Å²) in [6, 6.07) is 11.7. The van der Waals surface area contributed by atoms with Crippen LogP contribution < -0.4 is 0 Å². The summed E-state index contributed by atoms with van der Waals surface area (Å²) in [6.07, 6.45) is 1.60. The number of carboxylic acids is 1. The largest absolute Gasteiger partial charge is 0.481 e. The van der Waals surface area contributed by atoms with Gasteiger partial charge in [-0.25, -0.2) is 17.4 Å². The Hall–Kier alpha value is -2.68. The molecule has 6 nitrogen and oxygen atoms in total. The molecule has 31 heavy (non-hydrogen) atoms. The molecule has 0 radical (unpaired) electrons. The van der Waals surface area contributed by atoms with Crippen LogP contribution in [0.1, 0.15) is 35.8 Å². The normalized spacial score (nSPS) is 14.0. The Bertz CT molecular complexity index is 1420. The Morgan fingerprint density at radius 3 is 2.74 bits per heavy atom. The Labute approximate surface area is 188 Å². The molecule has 2 unspecified atom stereocenters. The fourth-order valence-corrected chi connectivity index (χ4v) is 6.59. The molecule has 0 saturated carbocycles. The molecule has 160 valence electrons. The van der Waals surface area contributed by atoms with E-state index in [4.69, 9.17) is 11.6 Å². The van der Waals surface area contributed by atoms with Gasteiger partial charge in [-0.15, -0.1) is 17.9 Å². The summed E-state index contributed by atoms with van der Waals surface area (Å²) in [5.74, 6) is -2.08. The SMILES string of the molecule is C=CC(c1ccc2ncsc2c1)S(=O)(=O)n1c(C(CC)C(=O)O)cc2cc(Cl)ccc21. The van der Waals surface area contributed by atoms with Crippen molar-refractivity contribution in [3.05, 3.63) is 76.9 Å². The molecule has 4 aromatic rings. The minimum Gasteiger partial charge on any atom is -0.481 e. The highest BCUT2D eigenvalue weighted by Gasteiger charge is 2.34. The first kappa shape index (κ1) is 21.5. The van der Waals surface area contributed by atoms with Crippen LogP contribution in [0.25, 0.3) is 21.1 Å². The summed E-state index contributed by atoms with van der Waals surface area (Å²) >= 11 is 7.52. The maximum atomic E-state index is 13.9. The minimum absolute atomic E-state index is 0.193. The van der Waals surface area contributed by atoms with Crippen molar-refractivity contribution in [1.82, 2.24) is 8.96 Å². The van der Waals surface area contributed by atoms with Crippen molar-refractivity contribution in [2.24, 2.45) is 0 Å². The number of carboxylic acid groups (broad SMARTS) is 1. The van der Waals surface area contributed by atoms with Crippen molar-refractivity contribution >= 4 is 60.0 Å². The van der Waals surface area contributed by atoms with E-state index in [9.17, 15) is 18.3 Å². The number of rotatable bonds is 7. The molecule has 2 atom stereocenters. The van der Waals surface area contributed by atoms with Gasteiger partial charge in [0.2, 0.25) is 10.0 Å². The number of halogens is 1. The highest BCUT2D eigenvalue weighted by atomic mass is 35.5. The summed E-state index contributed by atoms with van der Waals surface area (Å²) < 4.78 is 29.8. The number of aliphatic carboxylic acids is 1. The van der Waals surface area contributed by atoms with Crippen LogP contribution >= 0.6 is 22.9 Å². The summed E-state index contributed by atoms with van der Waals surface area (Å²) in [7, 11) is -4.09. The summed E-state index contributed by atoms with van der Waals surface area (Å²) in [6.45, 7) is 5.47. The van der Waals surface area contributed by atoms with Crippen LogP contribution in [0.5, 0.6) is 0 Å². The highest BCUT2D eigenvalue weighted by molar-refractivity contribution is 7.90. The molecule has 2 aromatic carbocycles. The predicted molar refractivity (Wildman–Crippen MR) is 124 cm³/mol. The van der Waals surface area contributed by atoms with Gasteiger partial charge >= 0.3 is 5.97 Å². The number of aromatic nitrogens is 2. The standard InChI is InChI=1S/C22H19ClN2O4S2/c1-3-16(22(26)27)19-10-14-9-15(23)6-8-18(14)25(19)31(28,29)21(4-2)13-5-7-17-20(11-13)30-12-24-17/h4-12,16,21H,2-3H2,1H3,(H,26,27). The number of benzene rings is 2. The maximum Gasteiger partial charge on any atom is 0.312 e. The van der Waals surface area contributed by atoms with E-state index in [0.717, 1.165) is 14.2 Å². The smallest absolute Gasteiger partial charge is 0.312 e. The number of fused-ring (bicyclic) bond motifs is 2. The fourth-order valence-electron chi connectivity index (χ4n) is 3.81. The summed E-state index contributed by atoms with van der Waals surface area (Å²) in [5.41, 5.74) is 3.60.